The van der Waals surface area contributed by atoms with Crippen molar-refractivity contribution in [1.82, 2.24) is 9.88 Å². The number of anilines is 1. The molecule has 0 radical (unpaired) electrons. The first-order valence-electron chi connectivity index (χ1n) is 7.94. The lowest BCUT2D eigenvalue weighted by molar-refractivity contribution is 0.102. The van der Waals surface area contributed by atoms with Gasteiger partial charge in [0.2, 0.25) is 0 Å². The number of rotatable bonds is 4. The van der Waals surface area contributed by atoms with Gasteiger partial charge in [0.25, 0.3) is 5.91 Å². The molecule has 0 bridgehead atoms. The van der Waals surface area contributed by atoms with Crippen molar-refractivity contribution < 1.29 is 4.79 Å². The summed E-state index contributed by atoms with van der Waals surface area (Å²) < 4.78 is 0. The number of thioether (sulfide) groups is 1. The smallest absolute Gasteiger partial charge is 0.255 e. The molecule has 1 aliphatic heterocycles. The molecule has 0 saturated carbocycles. The molecule has 3 rings (SSSR count). The second-order valence-electron chi connectivity index (χ2n) is 5.86. The second kappa shape index (κ2) is 8.01. The Kier molecular flexibility index (Phi) is 5.76. The molecule has 1 fully saturated rings. The van der Waals surface area contributed by atoms with Crippen molar-refractivity contribution in [3.63, 3.8) is 0 Å². The van der Waals surface area contributed by atoms with Crippen molar-refractivity contribution in [2.24, 2.45) is 0 Å². The molecule has 1 aliphatic rings. The number of nitrogens with one attached hydrogen (secondary N) is 1. The molecule has 0 unspecified atom stereocenters. The monoisotopic (exact) mass is 361 g/mol. The predicted octanol–water partition coefficient (Wildman–Crippen LogP) is 3.84. The summed E-state index contributed by atoms with van der Waals surface area (Å²) in [5.74, 6) is 2.24. The third-order valence-corrected chi connectivity index (χ3v) is 5.19. The maximum atomic E-state index is 12.3. The number of benzene rings is 1. The Labute approximate surface area is 151 Å². The van der Waals surface area contributed by atoms with E-state index in [0.29, 0.717) is 10.7 Å². The van der Waals surface area contributed by atoms with E-state index < -0.39 is 0 Å². The fourth-order valence-corrected chi connectivity index (χ4v) is 3.87. The number of aryl methyl sites for hydroxylation is 1. The van der Waals surface area contributed by atoms with Crippen molar-refractivity contribution in [1.29, 1.82) is 0 Å². The van der Waals surface area contributed by atoms with Gasteiger partial charge in [-0.3, -0.25) is 9.69 Å². The first kappa shape index (κ1) is 17.3. The van der Waals surface area contributed by atoms with E-state index in [1.54, 1.807) is 12.1 Å². The molecule has 1 amide bonds. The Balaban J connectivity index is 1.67. The molecule has 0 aliphatic carbocycles. The average molecular weight is 362 g/mol. The van der Waals surface area contributed by atoms with E-state index in [0.717, 1.165) is 30.9 Å². The molecule has 2 aromatic rings. The van der Waals surface area contributed by atoms with Crippen LogP contribution in [0.15, 0.2) is 36.5 Å². The summed E-state index contributed by atoms with van der Waals surface area (Å²) in [7, 11) is 0. The van der Waals surface area contributed by atoms with Gasteiger partial charge >= 0.3 is 0 Å². The van der Waals surface area contributed by atoms with Crippen molar-refractivity contribution in [2.45, 2.75) is 13.5 Å². The van der Waals surface area contributed by atoms with Crippen LogP contribution in [0.25, 0.3) is 0 Å². The minimum Gasteiger partial charge on any atom is -0.322 e. The number of aromatic nitrogens is 1. The van der Waals surface area contributed by atoms with Gasteiger partial charge < -0.3 is 5.32 Å². The van der Waals surface area contributed by atoms with Crippen LogP contribution in [-0.2, 0) is 6.54 Å². The van der Waals surface area contributed by atoms with Gasteiger partial charge in [0, 0.05) is 48.6 Å². The first-order valence-corrected chi connectivity index (χ1v) is 9.47. The Morgan fingerprint density at radius 1 is 1.29 bits per heavy atom. The maximum Gasteiger partial charge on any atom is 0.255 e. The summed E-state index contributed by atoms with van der Waals surface area (Å²) in [5.41, 5.74) is 3.67. The number of carbonyl (C=O) groups excluding carboxylic acids is 1. The van der Waals surface area contributed by atoms with E-state index in [2.05, 4.69) is 27.3 Å². The standard InChI is InChI=1S/C18H20ClN3OS/c1-13-10-14(12-22-6-8-24-9-7-22)2-3-16(13)21-18(23)15-4-5-20-17(19)11-15/h2-5,10-11H,6-9,12H2,1H3,(H,21,23). The Morgan fingerprint density at radius 2 is 2.08 bits per heavy atom. The summed E-state index contributed by atoms with van der Waals surface area (Å²) in [6, 6.07) is 9.43. The summed E-state index contributed by atoms with van der Waals surface area (Å²) in [5, 5.41) is 3.26. The Morgan fingerprint density at radius 3 is 2.79 bits per heavy atom. The van der Waals surface area contributed by atoms with Crippen LogP contribution in [0.4, 0.5) is 5.69 Å². The van der Waals surface area contributed by atoms with Crippen LogP contribution in [0, 0.1) is 6.92 Å². The van der Waals surface area contributed by atoms with E-state index >= 15 is 0 Å². The quantitative estimate of drug-likeness (QED) is 0.840. The zero-order valence-electron chi connectivity index (χ0n) is 13.6. The van der Waals surface area contributed by atoms with Crippen LogP contribution in [0.3, 0.4) is 0 Å². The van der Waals surface area contributed by atoms with E-state index in [9.17, 15) is 4.79 Å². The van der Waals surface area contributed by atoms with E-state index in [-0.39, 0.29) is 5.91 Å². The highest BCUT2D eigenvalue weighted by Gasteiger charge is 2.12. The fourth-order valence-electron chi connectivity index (χ4n) is 2.72. The van der Waals surface area contributed by atoms with Crippen LogP contribution in [-0.4, -0.2) is 40.4 Å². The molecule has 1 N–H and O–H groups in total. The summed E-state index contributed by atoms with van der Waals surface area (Å²) >= 11 is 7.86. The van der Waals surface area contributed by atoms with Crippen LogP contribution < -0.4 is 5.32 Å². The van der Waals surface area contributed by atoms with Gasteiger partial charge in [0.1, 0.15) is 5.15 Å². The molecule has 24 heavy (non-hydrogen) atoms. The van der Waals surface area contributed by atoms with Crippen molar-refractivity contribution in [3.8, 4) is 0 Å². The van der Waals surface area contributed by atoms with Gasteiger partial charge in [-0.05, 0) is 36.2 Å². The van der Waals surface area contributed by atoms with Crippen LogP contribution in [0.2, 0.25) is 5.15 Å². The lowest BCUT2D eigenvalue weighted by Crippen LogP contribution is -2.31. The molecule has 6 heteroatoms. The number of halogens is 1. The van der Waals surface area contributed by atoms with Gasteiger partial charge in [0.05, 0.1) is 0 Å². The highest BCUT2D eigenvalue weighted by Crippen LogP contribution is 2.20. The molecular formula is C18H20ClN3OS. The molecule has 2 heterocycles. The number of hydrogen-bond acceptors (Lipinski definition) is 4. The van der Waals surface area contributed by atoms with Gasteiger partial charge in [-0.1, -0.05) is 23.7 Å². The average Bonchev–Trinajstić information content (AvgIpc) is 2.58. The minimum absolute atomic E-state index is 0.178. The molecular weight excluding hydrogens is 342 g/mol. The largest absolute Gasteiger partial charge is 0.322 e. The fraction of sp³-hybridized carbons (Fsp3) is 0.333. The Hall–Kier alpha value is -1.56. The molecule has 4 nitrogen and oxygen atoms in total. The topological polar surface area (TPSA) is 45.2 Å². The lowest BCUT2D eigenvalue weighted by Gasteiger charge is -2.26. The minimum atomic E-state index is -0.178. The number of nitrogens with zero attached hydrogens (tertiary/aromatic N) is 2. The molecule has 1 aromatic carbocycles. The van der Waals surface area contributed by atoms with Gasteiger partial charge in [-0.2, -0.15) is 11.8 Å². The van der Waals surface area contributed by atoms with Crippen molar-refractivity contribution >= 4 is 35.0 Å². The second-order valence-corrected chi connectivity index (χ2v) is 7.47. The number of carbonyl (C=O) groups is 1. The van der Waals surface area contributed by atoms with Crippen LogP contribution in [0.5, 0.6) is 0 Å². The van der Waals surface area contributed by atoms with Gasteiger partial charge in [0.15, 0.2) is 0 Å². The Bertz CT molecular complexity index is 732. The SMILES string of the molecule is Cc1cc(CN2CCSCC2)ccc1NC(=O)c1ccnc(Cl)c1. The summed E-state index contributed by atoms with van der Waals surface area (Å²) in [4.78, 5) is 18.7. The zero-order valence-corrected chi connectivity index (χ0v) is 15.2. The normalized spacial score (nSPS) is 15.2. The predicted molar refractivity (Wildman–Crippen MR) is 101 cm³/mol. The molecule has 1 aromatic heterocycles. The highest BCUT2D eigenvalue weighted by molar-refractivity contribution is 7.99. The molecule has 126 valence electrons. The molecule has 0 spiro atoms. The number of hydrogen-bond donors (Lipinski definition) is 1. The van der Waals surface area contributed by atoms with Gasteiger partial charge in [-0.25, -0.2) is 4.98 Å². The van der Waals surface area contributed by atoms with E-state index in [1.807, 2.05) is 24.8 Å². The highest BCUT2D eigenvalue weighted by atomic mass is 35.5. The van der Waals surface area contributed by atoms with Crippen molar-refractivity contribution in [3.05, 3.63) is 58.4 Å². The van der Waals surface area contributed by atoms with Crippen LogP contribution in [0.1, 0.15) is 21.5 Å². The maximum absolute atomic E-state index is 12.3. The van der Waals surface area contributed by atoms with Crippen LogP contribution >= 0.6 is 23.4 Å². The van der Waals surface area contributed by atoms with Crippen molar-refractivity contribution in [2.75, 3.05) is 29.9 Å². The molecule has 0 atom stereocenters. The molecule has 1 saturated heterocycles. The number of pyridine rings is 1. The van der Waals surface area contributed by atoms with Gasteiger partial charge in [-0.15, -0.1) is 0 Å². The zero-order chi connectivity index (χ0) is 16.9. The van der Waals surface area contributed by atoms with E-state index in [1.165, 1.54) is 23.3 Å². The third kappa shape index (κ3) is 4.50. The summed E-state index contributed by atoms with van der Waals surface area (Å²) in [6.45, 7) is 5.27. The third-order valence-electron chi connectivity index (χ3n) is 4.04. The lowest BCUT2D eigenvalue weighted by atomic mass is 10.1. The number of amides is 1. The first-order chi connectivity index (χ1) is 11.6. The van der Waals surface area contributed by atoms with E-state index in [4.69, 9.17) is 11.6 Å². The summed E-state index contributed by atoms with van der Waals surface area (Å²) in [6.07, 6.45) is 1.53.